The van der Waals surface area contributed by atoms with Gasteiger partial charge >= 0.3 is 6.03 Å². The predicted molar refractivity (Wildman–Crippen MR) is 103 cm³/mol. The van der Waals surface area contributed by atoms with Gasteiger partial charge in [0.2, 0.25) is 11.0 Å². The van der Waals surface area contributed by atoms with E-state index in [0.29, 0.717) is 31.2 Å². The van der Waals surface area contributed by atoms with Crippen molar-refractivity contribution in [2.45, 2.75) is 33.1 Å². The second-order valence-corrected chi connectivity index (χ2v) is 7.30. The lowest BCUT2D eigenvalue weighted by atomic mass is 10.1. The Balaban J connectivity index is 1.67. The molecule has 138 valence electrons. The second kappa shape index (κ2) is 7.82. The molecule has 8 heteroatoms. The van der Waals surface area contributed by atoms with Gasteiger partial charge in [-0.25, -0.2) is 4.79 Å². The number of urea groups is 1. The number of aryl methyl sites for hydroxylation is 1. The van der Waals surface area contributed by atoms with E-state index in [1.54, 1.807) is 9.80 Å². The number of amides is 3. The number of aromatic nitrogens is 2. The van der Waals surface area contributed by atoms with Crippen LogP contribution in [-0.2, 0) is 4.79 Å². The summed E-state index contributed by atoms with van der Waals surface area (Å²) in [6.07, 6.45) is 0.409. The summed E-state index contributed by atoms with van der Waals surface area (Å²) in [4.78, 5) is 28.0. The molecule has 2 heterocycles. The van der Waals surface area contributed by atoms with E-state index in [0.717, 1.165) is 16.3 Å². The van der Waals surface area contributed by atoms with Gasteiger partial charge in [0.05, 0.1) is 0 Å². The van der Waals surface area contributed by atoms with Crippen molar-refractivity contribution in [3.8, 4) is 0 Å². The molecule has 0 saturated carbocycles. The van der Waals surface area contributed by atoms with Crippen LogP contribution in [0.15, 0.2) is 24.3 Å². The first-order valence-electron chi connectivity index (χ1n) is 8.78. The molecule has 3 amide bonds. The molecule has 7 nitrogen and oxygen atoms in total. The average molecular weight is 373 g/mol. The van der Waals surface area contributed by atoms with E-state index in [4.69, 9.17) is 0 Å². The Labute approximate surface area is 157 Å². The van der Waals surface area contributed by atoms with Gasteiger partial charge in [0.15, 0.2) is 0 Å². The van der Waals surface area contributed by atoms with Gasteiger partial charge in [0.25, 0.3) is 0 Å². The van der Waals surface area contributed by atoms with E-state index in [9.17, 15) is 9.59 Å². The Morgan fingerprint density at radius 1 is 1.27 bits per heavy atom. The number of carbonyl (C=O) groups excluding carboxylic acids is 2. The van der Waals surface area contributed by atoms with Crippen molar-refractivity contribution in [2.75, 3.05) is 29.9 Å². The summed E-state index contributed by atoms with van der Waals surface area (Å²) in [6, 6.07) is 7.75. The van der Waals surface area contributed by atoms with E-state index in [1.807, 2.05) is 45.0 Å². The molecule has 1 unspecified atom stereocenters. The van der Waals surface area contributed by atoms with Gasteiger partial charge in [-0.2, -0.15) is 0 Å². The molecule has 1 aromatic carbocycles. The number of carbonyl (C=O) groups is 2. The van der Waals surface area contributed by atoms with Crippen molar-refractivity contribution in [3.63, 3.8) is 0 Å². The highest BCUT2D eigenvalue weighted by Crippen LogP contribution is 2.34. The SMILES string of the molecule is CCN(CC)C(=O)Nc1nnc(C2CC(=O)N(c3ccc(C)cc3)C2)s1. The van der Waals surface area contributed by atoms with Crippen LogP contribution in [0.5, 0.6) is 0 Å². The van der Waals surface area contributed by atoms with Crippen molar-refractivity contribution in [3.05, 3.63) is 34.8 Å². The normalized spacial score (nSPS) is 16.8. The van der Waals surface area contributed by atoms with Crippen LogP contribution in [0.1, 0.15) is 36.8 Å². The fourth-order valence-electron chi connectivity index (χ4n) is 2.98. The summed E-state index contributed by atoms with van der Waals surface area (Å²) in [5, 5.41) is 12.3. The maximum atomic E-state index is 12.4. The van der Waals surface area contributed by atoms with Gasteiger partial charge in [-0.15, -0.1) is 10.2 Å². The molecule has 0 radical (unpaired) electrons. The standard InChI is InChI=1S/C18H23N5O2S/c1-4-22(5-2)18(25)19-17-21-20-16(26-17)13-10-15(24)23(11-13)14-8-6-12(3)7-9-14/h6-9,13H,4-5,10-11H2,1-3H3,(H,19,21,25). The minimum Gasteiger partial charge on any atom is -0.325 e. The van der Waals surface area contributed by atoms with Gasteiger partial charge in [0.1, 0.15) is 5.01 Å². The molecular weight excluding hydrogens is 350 g/mol. The third-order valence-corrected chi connectivity index (χ3v) is 5.53. The van der Waals surface area contributed by atoms with Crippen LogP contribution < -0.4 is 10.2 Å². The highest BCUT2D eigenvalue weighted by Gasteiger charge is 2.34. The molecule has 1 atom stereocenters. The van der Waals surface area contributed by atoms with Crippen LogP contribution in [0.25, 0.3) is 0 Å². The van der Waals surface area contributed by atoms with Crippen LogP contribution in [0.2, 0.25) is 0 Å². The van der Waals surface area contributed by atoms with Crippen molar-refractivity contribution >= 4 is 34.1 Å². The van der Waals surface area contributed by atoms with E-state index >= 15 is 0 Å². The van der Waals surface area contributed by atoms with Crippen LogP contribution in [0.4, 0.5) is 15.6 Å². The Morgan fingerprint density at radius 2 is 1.96 bits per heavy atom. The van der Waals surface area contributed by atoms with E-state index < -0.39 is 0 Å². The minimum absolute atomic E-state index is 0.000378. The van der Waals surface area contributed by atoms with E-state index in [1.165, 1.54) is 11.3 Å². The number of rotatable bonds is 5. The zero-order valence-electron chi connectivity index (χ0n) is 15.2. The maximum Gasteiger partial charge on any atom is 0.323 e. The number of hydrogen-bond donors (Lipinski definition) is 1. The molecule has 1 fully saturated rings. The van der Waals surface area contributed by atoms with E-state index in [2.05, 4.69) is 15.5 Å². The van der Waals surface area contributed by atoms with Crippen LogP contribution in [0, 0.1) is 6.92 Å². The molecule has 1 saturated heterocycles. The van der Waals surface area contributed by atoms with Crippen LogP contribution in [-0.4, -0.2) is 46.7 Å². The second-order valence-electron chi connectivity index (χ2n) is 6.29. The first-order valence-corrected chi connectivity index (χ1v) is 9.59. The zero-order chi connectivity index (χ0) is 18.7. The Kier molecular flexibility index (Phi) is 5.51. The maximum absolute atomic E-state index is 12.4. The average Bonchev–Trinajstić information content (AvgIpc) is 3.23. The third kappa shape index (κ3) is 3.85. The molecule has 2 aromatic rings. The minimum atomic E-state index is -0.179. The number of anilines is 2. The summed E-state index contributed by atoms with van der Waals surface area (Å²) in [7, 11) is 0. The van der Waals surface area contributed by atoms with Crippen molar-refractivity contribution < 1.29 is 9.59 Å². The van der Waals surface area contributed by atoms with Crippen LogP contribution >= 0.6 is 11.3 Å². The lowest BCUT2D eigenvalue weighted by molar-refractivity contribution is -0.117. The molecule has 1 aliphatic heterocycles. The summed E-state index contributed by atoms with van der Waals surface area (Å²) < 4.78 is 0. The number of nitrogens with one attached hydrogen (secondary N) is 1. The topological polar surface area (TPSA) is 78.4 Å². The summed E-state index contributed by atoms with van der Waals surface area (Å²) in [6.45, 7) is 7.73. The van der Waals surface area contributed by atoms with Gasteiger partial charge in [-0.3, -0.25) is 10.1 Å². The van der Waals surface area contributed by atoms with Crippen LogP contribution in [0.3, 0.4) is 0 Å². The molecule has 26 heavy (non-hydrogen) atoms. The highest BCUT2D eigenvalue weighted by atomic mass is 32.1. The molecule has 0 spiro atoms. The Bertz CT molecular complexity index is 785. The molecule has 3 rings (SSSR count). The smallest absolute Gasteiger partial charge is 0.323 e. The van der Waals surface area contributed by atoms with Gasteiger partial charge in [0, 0.05) is 37.7 Å². The molecule has 1 aliphatic rings. The Morgan fingerprint density at radius 3 is 2.62 bits per heavy atom. The molecule has 0 bridgehead atoms. The number of hydrogen-bond acceptors (Lipinski definition) is 5. The van der Waals surface area contributed by atoms with Crippen molar-refractivity contribution in [1.29, 1.82) is 0 Å². The zero-order valence-corrected chi connectivity index (χ0v) is 16.0. The summed E-state index contributed by atoms with van der Waals surface area (Å²) in [5.41, 5.74) is 2.07. The highest BCUT2D eigenvalue weighted by molar-refractivity contribution is 7.15. The third-order valence-electron chi connectivity index (χ3n) is 4.53. The van der Waals surface area contributed by atoms with Gasteiger partial charge in [-0.05, 0) is 32.9 Å². The monoisotopic (exact) mass is 373 g/mol. The first-order chi connectivity index (χ1) is 12.5. The molecule has 1 aromatic heterocycles. The molecule has 0 aliphatic carbocycles. The van der Waals surface area contributed by atoms with Gasteiger partial charge in [-0.1, -0.05) is 29.0 Å². The van der Waals surface area contributed by atoms with Gasteiger partial charge < -0.3 is 9.80 Å². The number of benzene rings is 1. The van der Waals surface area contributed by atoms with Crippen molar-refractivity contribution in [1.82, 2.24) is 15.1 Å². The predicted octanol–water partition coefficient (Wildman–Crippen LogP) is 3.24. The Hall–Kier alpha value is -2.48. The lowest BCUT2D eigenvalue weighted by Gasteiger charge is -2.17. The van der Waals surface area contributed by atoms with E-state index in [-0.39, 0.29) is 17.9 Å². The summed E-state index contributed by atoms with van der Waals surface area (Å²) >= 11 is 1.34. The quantitative estimate of drug-likeness (QED) is 0.873. The molecular formula is C18H23N5O2S. The number of nitrogens with zero attached hydrogens (tertiary/aromatic N) is 4. The lowest BCUT2D eigenvalue weighted by Crippen LogP contribution is -2.34. The fourth-order valence-corrected chi connectivity index (χ4v) is 3.80. The first kappa shape index (κ1) is 18.3. The van der Waals surface area contributed by atoms with Crippen molar-refractivity contribution in [2.24, 2.45) is 0 Å². The fraction of sp³-hybridized carbons (Fsp3) is 0.444. The molecule has 1 N–H and O–H groups in total. The summed E-state index contributed by atoms with van der Waals surface area (Å²) in [5.74, 6) is 0.0863. The largest absolute Gasteiger partial charge is 0.325 e.